The smallest absolute Gasteiger partial charge is 0.260 e. The molecule has 1 atom stereocenters. The fourth-order valence-corrected chi connectivity index (χ4v) is 6.16. The zero-order valence-electron chi connectivity index (χ0n) is 17.7. The van der Waals surface area contributed by atoms with Gasteiger partial charge in [0.25, 0.3) is 5.56 Å². The Balaban J connectivity index is 1.48. The number of thioether (sulfide) groups is 1. The van der Waals surface area contributed by atoms with Crippen molar-refractivity contribution in [3.8, 4) is 22.0 Å². The van der Waals surface area contributed by atoms with Crippen LogP contribution in [0.3, 0.4) is 0 Å². The first-order chi connectivity index (χ1) is 15.5. The van der Waals surface area contributed by atoms with Crippen LogP contribution in [0.15, 0.2) is 55.7 Å². The van der Waals surface area contributed by atoms with Gasteiger partial charge in [-0.2, -0.15) is 0 Å². The maximum Gasteiger partial charge on any atom is 0.260 e. The molecule has 0 saturated carbocycles. The number of thiophene rings is 2. The lowest BCUT2D eigenvalue weighted by molar-refractivity contribution is 0.489. The molecule has 7 nitrogen and oxygen atoms in total. The first-order valence-corrected chi connectivity index (χ1v) is 12.8. The van der Waals surface area contributed by atoms with Crippen LogP contribution in [0.1, 0.15) is 31.8 Å². The third kappa shape index (κ3) is 3.94. The van der Waals surface area contributed by atoms with E-state index in [0.717, 1.165) is 27.0 Å². The fraction of sp³-hybridized carbons (Fsp3) is 0.273. The van der Waals surface area contributed by atoms with Gasteiger partial charge in [-0.15, -0.1) is 32.9 Å². The maximum atomic E-state index is 13.0. The van der Waals surface area contributed by atoms with Crippen molar-refractivity contribution in [2.45, 2.75) is 37.7 Å². The summed E-state index contributed by atoms with van der Waals surface area (Å²) in [5.74, 6) is 2.43. The van der Waals surface area contributed by atoms with E-state index in [2.05, 4.69) is 33.6 Å². The Morgan fingerprint density at radius 3 is 2.78 bits per heavy atom. The summed E-state index contributed by atoms with van der Waals surface area (Å²) in [6, 6.07) is 7.74. The lowest BCUT2D eigenvalue weighted by Gasteiger charge is -2.14. The molecule has 0 bridgehead atoms. The number of rotatable bonds is 7. The van der Waals surface area contributed by atoms with Crippen LogP contribution in [0.25, 0.3) is 32.2 Å². The van der Waals surface area contributed by atoms with E-state index in [4.69, 9.17) is 9.40 Å². The molecule has 1 unspecified atom stereocenters. The minimum Gasteiger partial charge on any atom is -0.461 e. The zero-order chi connectivity index (χ0) is 22.2. The topological polar surface area (TPSA) is 89.6 Å². The minimum atomic E-state index is -0.112. The van der Waals surface area contributed by atoms with Crippen LogP contribution in [0.5, 0.6) is 0 Å². The SMILES string of the molecule is CC(C)Cn1c(SC(C)c2nc3scc(-c4cccs4)c3c(=O)[nH]2)nnc1-c1ccco1. The highest BCUT2D eigenvalue weighted by Crippen LogP contribution is 2.37. The average molecular weight is 484 g/mol. The van der Waals surface area contributed by atoms with E-state index < -0.39 is 0 Å². The first-order valence-electron chi connectivity index (χ1n) is 10.2. The van der Waals surface area contributed by atoms with Crippen LogP contribution < -0.4 is 5.56 Å². The van der Waals surface area contributed by atoms with Gasteiger partial charge in [-0.3, -0.25) is 9.36 Å². The fourth-order valence-electron chi connectivity index (χ4n) is 3.48. The summed E-state index contributed by atoms with van der Waals surface area (Å²) in [5, 5.41) is 14.1. The molecule has 5 aromatic heterocycles. The molecule has 0 amide bonds. The van der Waals surface area contributed by atoms with Crippen LogP contribution >= 0.6 is 34.4 Å². The number of nitrogens with zero attached hydrogens (tertiary/aromatic N) is 4. The Hall–Kier alpha value is -2.69. The molecule has 1 N–H and O–H groups in total. The third-order valence-electron chi connectivity index (χ3n) is 4.92. The molecule has 0 aliphatic carbocycles. The van der Waals surface area contributed by atoms with Crippen LogP contribution in [0.2, 0.25) is 0 Å². The van der Waals surface area contributed by atoms with Crippen molar-refractivity contribution < 1.29 is 4.42 Å². The Kier molecular flexibility index (Phi) is 5.75. The molecule has 0 radical (unpaired) electrons. The molecule has 164 valence electrons. The largest absolute Gasteiger partial charge is 0.461 e. The number of hydrogen-bond acceptors (Lipinski definition) is 8. The number of fused-ring (bicyclic) bond motifs is 1. The number of furan rings is 1. The van der Waals surface area contributed by atoms with E-state index in [1.807, 2.05) is 41.9 Å². The number of aromatic amines is 1. The minimum absolute atomic E-state index is 0.109. The van der Waals surface area contributed by atoms with Gasteiger partial charge in [0, 0.05) is 22.4 Å². The molecule has 0 saturated heterocycles. The second-order valence-electron chi connectivity index (χ2n) is 7.81. The average Bonchev–Trinajstić information content (AvgIpc) is 3.54. The quantitative estimate of drug-likeness (QED) is 0.282. The number of nitrogens with one attached hydrogen (secondary N) is 1. The van der Waals surface area contributed by atoms with Crippen molar-refractivity contribution in [3.63, 3.8) is 0 Å². The number of H-pyrrole nitrogens is 1. The first kappa shape index (κ1) is 21.2. The zero-order valence-corrected chi connectivity index (χ0v) is 20.2. The van der Waals surface area contributed by atoms with Gasteiger partial charge < -0.3 is 9.40 Å². The molecule has 10 heteroatoms. The summed E-state index contributed by atoms with van der Waals surface area (Å²) in [7, 11) is 0. The molecular formula is C22H21N5O2S3. The van der Waals surface area contributed by atoms with Crippen molar-refractivity contribution in [3.05, 3.63) is 57.5 Å². The van der Waals surface area contributed by atoms with E-state index in [1.54, 1.807) is 17.6 Å². The standard InChI is InChI=1S/C22H21N5O2S3/c1-12(2)10-27-19(15-6-4-8-29-15)25-26-22(27)32-13(3)18-23-20(28)17-14(11-31-21(17)24-18)16-7-5-9-30-16/h4-9,11-13H,10H2,1-3H3,(H,23,24,28). The van der Waals surface area contributed by atoms with Gasteiger partial charge in [-0.25, -0.2) is 4.98 Å². The summed E-state index contributed by atoms with van der Waals surface area (Å²) in [4.78, 5) is 22.6. The van der Waals surface area contributed by atoms with Gasteiger partial charge in [0.05, 0.1) is 16.9 Å². The summed E-state index contributed by atoms with van der Waals surface area (Å²) in [6.45, 7) is 7.08. The second kappa shape index (κ2) is 8.68. The van der Waals surface area contributed by atoms with Gasteiger partial charge >= 0.3 is 0 Å². The second-order valence-corrected chi connectivity index (χ2v) is 10.9. The molecule has 5 rings (SSSR count). The van der Waals surface area contributed by atoms with Crippen molar-refractivity contribution in [2.75, 3.05) is 0 Å². The van der Waals surface area contributed by atoms with Crippen molar-refractivity contribution in [2.24, 2.45) is 5.92 Å². The van der Waals surface area contributed by atoms with Gasteiger partial charge in [0.15, 0.2) is 16.7 Å². The Bertz CT molecular complexity index is 1400. The summed E-state index contributed by atoms with van der Waals surface area (Å²) < 4.78 is 7.62. The van der Waals surface area contributed by atoms with Gasteiger partial charge in [0.2, 0.25) is 0 Å². The van der Waals surface area contributed by atoms with Crippen LogP contribution in [-0.2, 0) is 6.54 Å². The van der Waals surface area contributed by atoms with E-state index in [9.17, 15) is 4.79 Å². The van der Waals surface area contributed by atoms with E-state index in [1.165, 1.54) is 23.1 Å². The highest BCUT2D eigenvalue weighted by molar-refractivity contribution is 7.99. The van der Waals surface area contributed by atoms with Gasteiger partial charge in [-0.05, 0) is 36.4 Å². The normalized spacial score (nSPS) is 12.8. The molecule has 5 aromatic rings. The molecular weight excluding hydrogens is 462 g/mol. The summed E-state index contributed by atoms with van der Waals surface area (Å²) in [5.41, 5.74) is 0.836. The molecule has 0 aliphatic heterocycles. The monoisotopic (exact) mass is 483 g/mol. The molecule has 32 heavy (non-hydrogen) atoms. The van der Waals surface area contributed by atoms with Crippen LogP contribution in [0.4, 0.5) is 0 Å². The third-order valence-corrected chi connectivity index (χ3v) is 7.79. The van der Waals surface area contributed by atoms with Gasteiger partial charge in [-0.1, -0.05) is 31.7 Å². The Morgan fingerprint density at radius 2 is 2.06 bits per heavy atom. The summed E-state index contributed by atoms with van der Waals surface area (Å²) >= 11 is 4.65. The van der Waals surface area contributed by atoms with Crippen molar-refractivity contribution in [1.29, 1.82) is 0 Å². The van der Waals surface area contributed by atoms with Crippen LogP contribution in [-0.4, -0.2) is 24.7 Å². The molecule has 0 aromatic carbocycles. The highest BCUT2D eigenvalue weighted by atomic mass is 32.2. The van der Waals surface area contributed by atoms with E-state index >= 15 is 0 Å². The molecule has 0 aliphatic rings. The molecule has 0 spiro atoms. The summed E-state index contributed by atoms with van der Waals surface area (Å²) in [6.07, 6.45) is 1.63. The van der Waals surface area contributed by atoms with Crippen LogP contribution in [0, 0.1) is 5.92 Å². The predicted molar refractivity (Wildman–Crippen MR) is 130 cm³/mol. The lowest BCUT2D eigenvalue weighted by Crippen LogP contribution is -2.13. The van der Waals surface area contributed by atoms with E-state index in [-0.39, 0.29) is 10.8 Å². The van der Waals surface area contributed by atoms with Crippen molar-refractivity contribution >= 4 is 44.7 Å². The Morgan fingerprint density at radius 1 is 1.19 bits per heavy atom. The van der Waals surface area contributed by atoms with E-state index in [0.29, 0.717) is 28.7 Å². The Labute approximate surface area is 196 Å². The molecule has 5 heterocycles. The number of aromatic nitrogens is 5. The maximum absolute atomic E-state index is 13.0. The highest BCUT2D eigenvalue weighted by Gasteiger charge is 2.22. The predicted octanol–water partition coefficient (Wildman–Crippen LogP) is 6.07. The van der Waals surface area contributed by atoms with Crippen molar-refractivity contribution in [1.82, 2.24) is 24.7 Å². The lowest BCUT2D eigenvalue weighted by atomic mass is 10.2. The molecule has 0 fully saturated rings. The number of hydrogen-bond donors (Lipinski definition) is 1. The van der Waals surface area contributed by atoms with Gasteiger partial charge in [0.1, 0.15) is 10.7 Å².